The first-order valence-electron chi connectivity index (χ1n) is 1.99. The van der Waals surface area contributed by atoms with Gasteiger partial charge >= 0.3 is 12.1 Å². The van der Waals surface area contributed by atoms with Gasteiger partial charge in [-0.25, -0.2) is 9.59 Å². The predicted molar refractivity (Wildman–Crippen MR) is 27.4 cm³/mol. The number of carbonyl (C=O) groups excluding carboxylic acids is 1. The highest BCUT2D eigenvalue weighted by Crippen LogP contribution is 1.71. The lowest BCUT2D eigenvalue weighted by molar-refractivity contribution is -0.143. The third-order valence-electron chi connectivity index (χ3n) is 0.406. The van der Waals surface area contributed by atoms with Crippen molar-refractivity contribution in [3.05, 3.63) is 12.7 Å². The van der Waals surface area contributed by atoms with Crippen LogP contribution in [0.25, 0.3) is 0 Å². The summed E-state index contributed by atoms with van der Waals surface area (Å²) in [5.41, 5.74) is 1.39. The van der Waals surface area contributed by atoms with Crippen molar-refractivity contribution in [1.29, 1.82) is 0 Å². The summed E-state index contributed by atoms with van der Waals surface area (Å²) in [6.07, 6.45) is -0.583. The molecule has 0 heterocycles. The maximum atomic E-state index is 10.1. The summed E-state index contributed by atoms with van der Waals surface area (Å²) < 4.78 is 0. The van der Waals surface area contributed by atoms with E-state index < -0.39 is 12.1 Å². The minimum absolute atomic E-state index is 0.836. The highest BCUT2D eigenvalue weighted by atomic mass is 16.7. The first kappa shape index (κ1) is 7.48. The van der Waals surface area contributed by atoms with Crippen LogP contribution in [0.15, 0.2) is 12.7 Å². The molecule has 0 aliphatic heterocycles. The number of hydroxylamine groups is 1. The fourth-order valence-corrected chi connectivity index (χ4v) is 0.136. The van der Waals surface area contributed by atoms with Crippen LogP contribution in [0.5, 0.6) is 0 Å². The molecule has 0 aliphatic rings. The number of rotatable bonds is 1. The molecule has 0 aromatic carbocycles. The van der Waals surface area contributed by atoms with Gasteiger partial charge < -0.3 is 9.94 Å². The maximum absolute atomic E-state index is 10.1. The fraction of sp³-hybridized carbons (Fsp3) is 0. The molecule has 0 aromatic rings. The van der Waals surface area contributed by atoms with Gasteiger partial charge in [-0.05, 0) is 0 Å². The highest BCUT2D eigenvalue weighted by Gasteiger charge is 1.96. The van der Waals surface area contributed by atoms with E-state index in [-0.39, 0.29) is 0 Å². The molecular formula is C4H5NO4. The number of hydrogen-bond donors (Lipinski definition) is 2. The number of carbonyl (C=O) groups is 2. The van der Waals surface area contributed by atoms with Crippen molar-refractivity contribution in [1.82, 2.24) is 5.48 Å². The molecule has 0 saturated heterocycles. The summed E-state index contributed by atoms with van der Waals surface area (Å²) in [5, 5.41) is 7.84. The molecule has 0 spiro atoms. The number of nitrogens with one attached hydrogen (secondary N) is 1. The van der Waals surface area contributed by atoms with Gasteiger partial charge in [-0.3, -0.25) is 0 Å². The highest BCUT2D eigenvalue weighted by molar-refractivity contribution is 5.82. The summed E-state index contributed by atoms with van der Waals surface area (Å²) in [5.74, 6) is -0.836. The minimum atomic E-state index is -1.43. The van der Waals surface area contributed by atoms with Crippen molar-refractivity contribution in [2.24, 2.45) is 0 Å². The first-order valence-corrected chi connectivity index (χ1v) is 1.99. The SMILES string of the molecule is C=CC(=O)ONC(=O)O. The molecule has 0 bridgehead atoms. The minimum Gasteiger partial charge on any atom is -0.463 e. The van der Waals surface area contributed by atoms with E-state index in [1.54, 1.807) is 0 Å². The quantitative estimate of drug-likeness (QED) is 0.384. The smallest absolute Gasteiger partial charge is 0.438 e. The summed E-state index contributed by atoms with van der Waals surface area (Å²) in [6.45, 7) is 3.03. The molecule has 5 heteroatoms. The van der Waals surface area contributed by atoms with E-state index in [9.17, 15) is 9.59 Å². The lowest BCUT2D eigenvalue weighted by Gasteiger charge is -1.95. The van der Waals surface area contributed by atoms with Gasteiger partial charge in [-0.15, -0.1) is 5.48 Å². The lowest BCUT2D eigenvalue weighted by Crippen LogP contribution is -2.23. The maximum Gasteiger partial charge on any atom is 0.438 e. The van der Waals surface area contributed by atoms with Gasteiger partial charge in [0.25, 0.3) is 0 Å². The molecule has 0 aromatic heterocycles. The number of amides is 1. The molecule has 2 N–H and O–H groups in total. The summed E-state index contributed by atoms with van der Waals surface area (Å²) in [6, 6.07) is 0. The monoisotopic (exact) mass is 131 g/mol. The molecule has 0 atom stereocenters. The zero-order chi connectivity index (χ0) is 7.28. The van der Waals surface area contributed by atoms with Crippen molar-refractivity contribution in [3.63, 3.8) is 0 Å². The van der Waals surface area contributed by atoms with Gasteiger partial charge in [0.1, 0.15) is 0 Å². The second-order valence-corrected chi connectivity index (χ2v) is 1.03. The Kier molecular flexibility index (Phi) is 2.89. The largest absolute Gasteiger partial charge is 0.463 e. The summed E-state index contributed by atoms with van der Waals surface area (Å²) in [7, 11) is 0. The molecule has 0 fully saturated rings. The molecule has 0 aliphatic carbocycles. The van der Waals surface area contributed by atoms with E-state index in [0.29, 0.717) is 0 Å². The van der Waals surface area contributed by atoms with E-state index in [1.165, 1.54) is 5.48 Å². The van der Waals surface area contributed by atoms with Crippen LogP contribution < -0.4 is 5.48 Å². The van der Waals surface area contributed by atoms with Crippen LogP contribution in [0.1, 0.15) is 0 Å². The van der Waals surface area contributed by atoms with Gasteiger partial charge in [-0.2, -0.15) is 0 Å². The zero-order valence-electron chi connectivity index (χ0n) is 4.46. The number of hydrogen-bond acceptors (Lipinski definition) is 3. The van der Waals surface area contributed by atoms with Gasteiger partial charge in [0.2, 0.25) is 0 Å². The Balaban J connectivity index is 3.39. The van der Waals surface area contributed by atoms with Crippen LogP contribution in [-0.4, -0.2) is 17.2 Å². The first-order chi connectivity index (χ1) is 4.16. The molecule has 9 heavy (non-hydrogen) atoms. The topological polar surface area (TPSA) is 75.6 Å². The fourth-order valence-electron chi connectivity index (χ4n) is 0.136. The van der Waals surface area contributed by atoms with Crippen molar-refractivity contribution in [2.75, 3.05) is 0 Å². The predicted octanol–water partition coefficient (Wildman–Crippen LogP) is -0.102. The van der Waals surface area contributed by atoms with Crippen molar-refractivity contribution < 1.29 is 19.5 Å². The van der Waals surface area contributed by atoms with Gasteiger partial charge in [-0.1, -0.05) is 6.58 Å². The van der Waals surface area contributed by atoms with Crippen LogP contribution in [0.3, 0.4) is 0 Å². The molecule has 5 nitrogen and oxygen atoms in total. The molecule has 0 radical (unpaired) electrons. The van der Waals surface area contributed by atoms with Crippen molar-refractivity contribution in [2.45, 2.75) is 0 Å². The lowest BCUT2D eigenvalue weighted by atomic mass is 10.7. The summed E-state index contributed by atoms with van der Waals surface area (Å²) >= 11 is 0. The molecule has 0 unspecified atom stereocenters. The normalized spacial score (nSPS) is 7.56. The Labute approximate surface area is 50.9 Å². The third-order valence-corrected chi connectivity index (χ3v) is 0.406. The van der Waals surface area contributed by atoms with Crippen LogP contribution in [0.4, 0.5) is 4.79 Å². The Morgan fingerprint density at radius 2 is 2.22 bits per heavy atom. The van der Waals surface area contributed by atoms with Crippen LogP contribution >= 0.6 is 0 Å². The molecular weight excluding hydrogens is 126 g/mol. The second kappa shape index (κ2) is 3.48. The molecule has 0 saturated carbocycles. The molecule has 50 valence electrons. The van der Waals surface area contributed by atoms with Crippen LogP contribution in [-0.2, 0) is 9.63 Å². The Morgan fingerprint density at radius 3 is 2.56 bits per heavy atom. The van der Waals surface area contributed by atoms with E-state index >= 15 is 0 Å². The van der Waals surface area contributed by atoms with Crippen molar-refractivity contribution >= 4 is 12.1 Å². The van der Waals surface area contributed by atoms with Gasteiger partial charge in [0, 0.05) is 6.08 Å². The van der Waals surface area contributed by atoms with Crippen LogP contribution in [0, 0.1) is 0 Å². The van der Waals surface area contributed by atoms with Crippen molar-refractivity contribution in [3.8, 4) is 0 Å². The number of carboxylic acid groups (broad SMARTS) is 1. The Bertz CT molecular complexity index is 142. The van der Waals surface area contributed by atoms with E-state index in [4.69, 9.17) is 5.11 Å². The van der Waals surface area contributed by atoms with E-state index in [0.717, 1.165) is 6.08 Å². The van der Waals surface area contributed by atoms with Crippen LogP contribution in [0.2, 0.25) is 0 Å². The zero-order valence-corrected chi connectivity index (χ0v) is 4.46. The average molecular weight is 131 g/mol. The van der Waals surface area contributed by atoms with Gasteiger partial charge in [0.15, 0.2) is 0 Å². The van der Waals surface area contributed by atoms with Gasteiger partial charge in [0.05, 0.1) is 0 Å². The summed E-state index contributed by atoms with van der Waals surface area (Å²) in [4.78, 5) is 23.5. The molecule has 0 rings (SSSR count). The Hall–Kier alpha value is -1.52. The average Bonchev–Trinajstić information content (AvgIpc) is 1.83. The molecule has 1 amide bonds. The van der Waals surface area contributed by atoms with E-state index in [1.807, 2.05) is 0 Å². The standard InChI is InChI=1S/C4H5NO4/c1-2-3(6)9-5-4(7)8/h2,5H,1H2,(H,7,8). The van der Waals surface area contributed by atoms with E-state index in [2.05, 4.69) is 11.4 Å². The third kappa shape index (κ3) is 4.33. The second-order valence-electron chi connectivity index (χ2n) is 1.03. The Morgan fingerprint density at radius 1 is 1.67 bits per heavy atom.